The zero-order valence-corrected chi connectivity index (χ0v) is 17.9. The van der Waals surface area contributed by atoms with E-state index >= 15 is 0 Å². The Morgan fingerprint density at radius 3 is 2.23 bits per heavy atom. The molecule has 0 spiro atoms. The summed E-state index contributed by atoms with van der Waals surface area (Å²) in [7, 11) is -3.61. The number of rotatable bonds is 5. The summed E-state index contributed by atoms with van der Waals surface area (Å²) < 4.78 is 27.5. The molecule has 2 heterocycles. The van der Waals surface area contributed by atoms with Crippen molar-refractivity contribution in [3.05, 3.63) is 78.2 Å². The summed E-state index contributed by atoms with van der Waals surface area (Å²) in [5, 5.41) is 2.79. The second-order valence-corrected chi connectivity index (χ2v) is 9.24. The van der Waals surface area contributed by atoms with Crippen molar-refractivity contribution in [2.75, 3.05) is 36.4 Å². The summed E-state index contributed by atoms with van der Waals surface area (Å²) in [6.07, 6.45) is 4.91. The van der Waals surface area contributed by atoms with Crippen molar-refractivity contribution in [1.82, 2.24) is 14.3 Å². The summed E-state index contributed by atoms with van der Waals surface area (Å²) >= 11 is 0. The predicted octanol–water partition coefficient (Wildman–Crippen LogP) is 2.55. The minimum atomic E-state index is -3.61. The molecule has 0 atom stereocenters. The number of hydrogen-bond acceptors (Lipinski definition) is 6. The molecule has 1 aromatic heterocycles. The number of carbonyl (C=O) groups excluding carboxylic acids is 1. The Kier molecular flexibility index (Phi) is 5.97. The summed E-state index contributed by atoms with van der Waals surface area (Å²) in [5.74, 6) is 0.504. The van der Waals surface area contributed by atoms with Gasteiger partial charge in [0, 0.05) is 49.8 Å². The molecule has 3 aromatic rings. The smallest absolute Gasteiger partial charge is 0.255 e. The molecule has 0 radical (unpaired) electrons. The van der Waals surface area contributed by atoms with Gasteiger partial charge in [-0.25, -0.2) is 13.4 Å². The van der Waals surface area contributed by atoms with Crippen LogP contribution in [0.1, 0.15) is 15.9 Å². The molecule has 1 aliphatic heterocycles. The van der Waals surface area contributed by atoms with Crippen LogP contribution in [-0.4, -0.2) is 54.8 Å². The van der Waals surface area contributed by atoms with E-state index in [0.717, 1.165) is 11.4 Å². The second kappa shape index (κ2) is 8.83. The van der Waals surface area contributed by atoms with Crippen LogP contribution in [0.25, 0.3) is 0 Å². The number of sulfonamides is 1. The van der Waals surface area contributed by atoms with Crippen LogP contribution in [-0.2, 0) is 10.0 Å². The molecule has 31 heavy (non-hydrogen) atoms. The lowest BCUT2D eigenvalue weighted by Gasteiger charge is -2.34. The van der Waals surface area contributed by atoms with E-state index in [9.17, 15) is 13.2 Å². The number of aromatic nitrogens is 2. The maximum Gasteiger partial charge on any atom is 0.255 e. The molecule has 1 fully saturated rings. The first-order valence-corrected chi connectivity index (χ1v) is 11.4. The van der Waals surface area contributed by atoms with Crippen molar-refractivity contribution in [2.45, 2.75) is 11.8 Å². The summed E-state index contributed by atoms with van der Waals surface area (Å²) in [4.78, 5) is 22.9. The van der Waals surface area contributed by atoms with Gasteiger partial charge in [0.15, 0.2) is 0 Å². The Morgan fingerprint density at radius 1 is 0.935 bits per heavy atom. The van der Waals surface area contributed by atoms with Gasteiger partial charge in [-0.05, 0) is 43.3 Å². The Balaban J connectivity index is 1.40. The number of nitrogens with zero attached hydrogens (tertiary/aromatic N) is 4. The van der Waals surface area contributed by atoms with Crippen LogP contribution in [0.2, 0.25) is 0 Å². The number of carbonyl (C=O) groups is 1. The van der Waals surface area contributed by atoms with Crippen molar-refractivity contribution in [2.24, 2.45) is 0 Å². The van der Waals surface area contributed by atoms with E-state index in [1.54, 1.807) is 42.9 Å². The van der Waals surface area contributed by atoms with Gasteiger partial charge in [-0.3, -0.25) is 9.78 Å². The van der Waals surface area contributed by atoms with E-state index < -0.39 is 10.0 Å². The third kappa shape index (κ3) is 4.73. The topological polar surface area (TPSA) is 95.5 Å². The third-order valence-corrected chi connectivity index (χ3v) is 7.09. The average molecular weight is 438 g/mol. The van der Waals surface area contributed by atoms with E-state index in [-0.39, 0.29) is 10.8 Å². The lowest BCUT2D eigenvalue weighted by atomic mass is 10.1. The summed E-state index contributed by atoms with van der Waals surface area (Å²) in [6.45, 7) is 3.78. The Morgan fingerprint density at radius 2 is 1.61 bits per heavy atom. The fraction of sp³-hybridized carbons (Fsp3) is 0.227. The van der Waals surface area contributed by atoms with Crippen molar-refractivity contribution in [3.8, 4) is 0 Å². The predicted molar refractivity (Wildman–Crippen MR) is 119 cm³/mol. The number of piperazine rings is 1. The SMILES string of the molecule is Cc1ccc(C(=O)Nc2ccc(S(=O)(=O)N3CCN(c4cnccn4)CC3)cc2)cc1. The van der Waals surface area contributed by atoms with Gasteiger partial charge in [0.2, 0.25) is 10.0 Å². The number of aryl methyl sites for hydroxylation is 1. The van der Waals surface area contributed by atoms with Crippen molar-refractivity contribution in [1.29, 1.82) is 0 Å². The standard InChI is InChI=1S/C22H23N5O3S/c1-17-2-4-18(5-3-17)22(28)25-19-6-8-20(9-7-19)31(29,30)27-14-12-26(13-15-27)21-16-23-10-11-24-21/h2-11,16H,12-15H2,1H3,(H,25,28). The maximum atomic E-state index is 13.0. The van der Waals surface area contributed by atoms with Crippen LogP contribution in [0, 0.1) is 6.92 Å². The van der Waals surface area contributed by atoms with Gasteiger partial charge in [-0.2, -0.15) is 4.31 Å². The number of hydrogen-bond donors (Lipinski definition) is 1. The first kappa shape index (κ1) is 21.0. The molecule has 1 aliphatic rings. The molecule has 8 nitrogen and oxygen atoms in total. The Labute approximate surface area is 181 Å². The highest BCUT2D eigenvalue weighted by Crippen LogP contribution is 2.21. The first-order chi connectivity index (χ1) is 14.9. The number of nitrogens with one attached hydrogen (secondary N) is 1. The summed E-state index contributed by atoms with van der Waals surface area (Å²) in [6, 6.07) is 13.5. The Hall–Kier alpha value is -3.30. The molecule has 1 amide bonds. The van der Waals surface area contributed by atoms with E-state index in [1.165, 1.54) is 16.4 Å². The Bertz CT molecular complexity index is 1140. The lowest BCUT2D eigenvalue weighted by Crippen LogP contribution is -2.48. The summed E-state index contributed by atoms with van der Waals surface area (Å²) in [5.41, 5.74) is 2.16. The average Bonchev–Trinajstić information content (AvgIpc) is 2.80. The van der Waals surface area contributed by atoms with Gasteiger partial charge < -0.3 is 10.2 Å². The molecule has 9 heteroatoms. The van der Waals surface area contributed by atoms with Crippen LogP contribution in [0.4, 0.5) is 11.5 Å². The maximum absolute atomic E-state index is 13.0. The van der Waals surface area contributed by atoms with E-state index in [0.29, 0.717) is 37.4 Å². The number of amides is 1. The molecule has 0 unspecified atom stereocenters. The molecule has 1 N–H and O–H groups in total. The van der Waals surface area contributed by atoms with E-state index in [1.807, 2.05) is 24.0 Å². The minimum Gasteiger partial charge on any atom is -0.353 e. The quantitative estimate of drug-likeness (QED) is 0.659. The minimum absolute atomic E-state index is 0.203. The molecule has 2 aromatic carbocycles. The molecular weight excluding hydrogens is 414 g/mol. The van der Waals surface area contributed by atoms with Crippen LogP contribution in [0.5, 0.6) is 0 Å². The zero-order valence-electron chi connectivity index (χ0n) is 17.1. The molecule has 0 bridgehead atoms. The molecule has 160 valence electrons. The normalized spacial score (nSPS) is 14.9. The third-order valence-electron chi connectivity index (χ3n) is 5.18. The van der Waals surface area contributed by atoms with Crippen molar-refractivity contribution >= 4 is 27.4 Å². The van der Waals surface area contributed by atoms with Gasteiger partial charge in [-0.1, -0.05) is 17.7 Å². The molecule has 1 saturated heterocycles. The molecular formula is C22H23N5O3S. The fourth-order valence-electron chi connectivity index (χ4n) is 3.38. The van der Waals surface area contributed by atoms with Gasteiger partial charge in [0.05, 0.1) is 11.1 Å². The number of anilines is 2. The highest BCUT2D eigenvalue weighted by molar-refractivity contribution is 7.89. The largest absolute Gasteiger partial charge is 0.353 e. The monoisotopic (exact) mass is 437 g/mol. The highest BCUT2D eigenvalue weighted by atomic mass is 32.2. The van der Waals surface area contributed by atoms with Crippen molar-refractivity contribution < 1.29 is 13.2 Å². The van der Waals surface area contributed by atoms with Crippen LogP contribution < -0.4 is 10.2 Å². The van der Waals surface area contributed by atoms with E-state index in [4.69, 9.17) is 0 Å². The molecule has 0 aliphatic carbocycles. The van der Waals surface area contributed by atoms with Crippen LogP contribution >= 0.6 is 0 Å². The number of benzene rings is 2. The van der Waals surface area contributed by atoms with E-state index in [2.05, 4.69) is 15.3 Å². The fourth-order valence-corrected chi connectivity index (χ4v) is 4.80. The van der Waals surface area contributed by atoms with Crippen LogP contribution in [0.15, 0.2) is 72.0 Å². The highest BCUT2D eigenvalue weighted by Gasteiger charge is 2.29. The first-order valence-electron chi connectivity index (χ1n) is 9.93. The van der Waals surface area contributed by atoms with Crippen molar-refractivity contribution in [3.63, 3.8) is 0 Å². The zero-order chi connectivity index (χ0) is 21.8. The lowest BCUT2D eigenvalue weighted by molar-refractivity contribution is 0.102. The van der Waals surface area contributed by atoms with Gasteiger partial charge in [0.25, 0.3) is 5.91 Å². The van der Waals surface area contributed by atoms with Gasteiger partial charge in [0.1, 0.15) is 5.82 Å². The second-order valence-electron chi connectivity index (χ2n) is 7.30. The molecule has 0 saturated carbocycles. The van der Waals surface area contributed by atoms with Gasteiger partial charge in [-0.15, -0.1) is 0 Å². The molecule has 4 rings (SSSR count). The van der Waals surface area contributed by atoms with Crippen LogP contribution in [0.3, 0.4) is 0 Å². The van der Waals surface area contributed by atoms with Gasteiger partial charge >= 0.3 is 0 Å².